The molecule has 0 amide bonds. The molecule has 0 spiro atoms. The molecule has 1 aromatic rings. The van der Waals surface area contributed by atoms with Crippen LogP contribution in [0.5, 0.6) is 0 Å². The molecular formula is C9H9O4S. The summed E-state index contributed by atoms with van der Waals surface area (Å²) < 4.78 is 27.5. The number of sulfone groups is 1. The van der Waals surface area contributed by atoms with Crippen LogP contribution in [0.1, 0.15) is 6.92 Å². The molecule has 0 aliphatic carbocycles. The highest BCUT2D eigenvalue weighted by molar-refractivity contribution is 7.91. The Bertz CT molecular complexity index is 396. The first kappa shape index (κ1) is 10.7. The van der Waals surface area contributed by atoms with Crippen LogP contribution in [-0.4, -0.2) is 20.3 Å². The standard InChI is InChI=1S/C9H9O4S/c1-8(13-7-10)14(11,12)9-5-3-2-4-6-9/h2-6,8H,1H3. The van der Waals surface area contributed by atoms with E-state index in [1.165, 1.54) is 19.1 Å². The van der Waals surface area contributed by atoms with E-state index < -0.39 is 15.3 Å². The van der Waals surface area contributed by atoms with Crippen molar-refractivity contribution in [3.8, 4) is 0 Å². The summed E-state index contributed by atoms with van der Waals surface area (Å²) in [6.45, 7) is 2.40. The Morgan fingerprint density at radius 2 is 1.86 bits per heavy atom. The van der Waals surface area contributed by atoms with Crippen LogP contribution in [-0.2, 0) is 19.4 Å². The summed E-state index contributed by atoms with van der Waals surface area (Å²) >= 11 is 0. The van der Waals surface area contributed by atoms with E-state index in [4.69, 9.17) is 0 Å². The van der Waals surface area contributed by atoms with Gasteiger partial charge < -0.3 is 4.74 Å². The molecule has 0 fully saturated rings. The van der Waals surface area contributed by atoms with Gasteiger partial charge in [-0.1, -0.05) is 18.2 Å². The highest BCUT2D eigenvalue weighted by atomic mass is 32.2. The van der Waals surface area contributed by atoms with Gasteiger partial charge in [-0.2, -0.15) is 0 Å². The molecule has 1 radical (unpaired) electrons. The van der Waals surface area contributed by atoms with Gasteiger partial charge in [-0.05, 0) is 19.1 Å². The van der Waals surface area contributed by atoms with Crippen molar-refractivity contribution in [3.05, 3.63) is 30.3 Å². The van der Waals surface area contributed by atoms with Crippen LogP contribution in [0.15, 0.2) is 35.2 Å². The van der Waals surface area contributed by atoms with E-state index >= 15 is 0 Å². The van der Waals surface area contributed by atoms with E-state index in [9.17, 15) is 13.2 Å². The maximum Gasteiger partial charge on any atom is 0.418 e. The molecule has 0 heterocycles. The van der Waals surface area contributed by atoms with Gasteiger partial charge in [0, 0.05) is 0 Å². The summed E-state index contributed by atoms with van der Waals surface area (Å²) in [6, 6.07) is 7.80. The van der Waals surface area contributed by atoms with Crippen LogP contribution in [0.4, 0.5) is 0 Å². The molecule has 75 valence electrons. The van der Waals surface area contributed by atoms with Gasteiger partial charge in [0.2, 0.25) is 15.3 Å². The number of rotatable bonds is 4. The number of hydrogen-bond donors (Lipinski definition) is 0. The molecule has 0 aromatic heterocycles. The van der Waals surface area contributed by atoms with E-state index in [1.807, 2.05) is 0 Å². The average Bonchev–Trinajstić information content (AvgIpc) is 2.19. The number of carbonyl (C=O) groups excluding carboxylic acids is 1. The van der Waals surface area contributed by atoms with E-state index in [0.717, 1.165) is 6.47 Å². The minimum Gasteiger partial charge on any atom is -0.437 e. The second-order valence-corrected chi connectivity index (χ2v) is 4.85. The van der Waals surface area contributed by atoms with E-state index in [1.54, 1.807) is 18.2 Å². The van der Waals surface area contributed by atoms with Gasteiger partial charge in [0.1, 0.15) is 0 Å². The van der Waals surface area contributed by atoms with E-state index in [2.05, 4.69) is 4.74 Å². The van der Waals surface area contributed by atoms with Crippen molar-refractivity contribution < 1.29 is 17.9 Å². The number of hydrogen-bond acceptors (Lipinski definition) is 4. The van der Waals surface area contributed by atoms with Crippen LogP contribution in [0.2, 0.25) is 0 Å². The normalized spacial score (nSPS) is 13.2. The summed E-state index contributed by atoms with van der Waals surface area (Å²) in [5, 5.41) is 0. The Balaban J connectivity index is 3.03. The summed E-state index contributed by atoms with van der Waals surface area (Å²) in [5.74, 6) is 0. The van der Waals surface area contributed by atoms with Crippen molar-refractivity contribution in [1.82, 2.24) is 0 Å². The third kappa shape index (κ3) is 2.11. The van der Waals surface area contributed by atoms with Crippen molar-refractivity contribution in [3.63, 3.8) is 0 Å². The molecule has 0 saturated carbocycles. The minimum absolute atomic E-state index is 0.128. The molecule has 1 atom stereocenters. The second-order valence-electron chi connectivity index (χ2n) is 2.63. The Labute approximate surface area is 82.4 Å². The van der Waals surface area contributed by atoms with Crippen molar-refractivity contribution in [2.45, 2.75) is 17.3 Å². The van der Waals surface area contributed by atoms with Crippen molar-refractivity contribution >= 4 is 16.3 Å². The molecule has 1 rings (SSSR count). The lowest BCUT2D eigenvalue weighted by Crippen LogP contribution is -2.20. The zero-order valence-corrected chi connectivity index (χ0v) is 8.32. The SMILES string of the molecule is CC(O[C]=O)S(=O)(=O)c1ccccc1. The molecule has 0 bridgehead atoms. The summed E-state index contributed by atoms with van der Waals surface area (Å²) in [4.78, 5) is 10.0. The van der Waals surface area contributed by atoms with Crippen LogP contribution >= 0.6 is 0 Å². The molecular weight excluding hydrogens is 204 g/mol. The zero-order chi connectivity index (χ0) is 10.6. The highest BCUT2D eigenvalue weighted by Gasteiger charge is 2.24. The number of ether oxygens (including phenoxy) is 1. The average molecular weight is 213 g/mol. The fourth-order valence-electron chi connectivity index (χ4n) is 0.933. The van der Waals surface area contributed by atoms with Crippen molar-refractivity contribution in [2.24, 2.45) is 0 Å². The van der Waals surface area contributed by atoms with Gasteiger partial charge in [-0.15, -0.1) is 0 Å². The van der Waals surface area contributed by atoms with Gasteiger partial charge in [-0.3, -0.25) is 0 Å². The second kappa shape index (κ2) is 4.23. The monoisotopic (exact) mass is 213 g/mol. The topological polar surface area (TPSA) is 60.4 Å². The van der Waals surface area contributed by atoms with Gasteiger partial charge in [-0.25, -0.2) is 13.2 Å². The third-order valence-electron chi connectivity index (χ3n) is 1.72. The van der Waals surface area contributed by atoms with E-state index in [0.29, 0.717) is 0 Å². The predicted octanol–water partition coefficient (Wildman–Crippen LogP) is 0.890. The molecule has 1 aromatic carbocycles. The maximum absolute atomic E-state index is 11.6. The first-order valence-electron chi connectivity index (χ1n) is 3.91. The van der Waals surface area contributed by atoms with Gasteiger partial charge >= 0.3 is 6.47 Å². The summed E-state index contributed by atoms with van der Waals surface area (Å²) in [6.07, 6.45) is 0. The third-order valence-corrected chi connectivity index (χ3v) is 3.62. The molecule has 4 nitrogen and oxygen atoms in total. The molecule has 0 aliphatic heterocycles. The summed E-state index contributed by atoms with van der Waals surface area (Å²) in [7, 11) is -3.59. The van der Waals surface area contributed by atoms with Gasteiger partial charge in [0.15, 0.2) is 0 Å². The van der Waals surface area contributed by atoms with Crippen molar-refractivity contribution in [1.29, 1.82) is 0 Å². The summed E-state index contributed by atoms with van der Waals surface area (Å²) in [5.41, 5.74) is -1.21. The molecule has 5 heteroatoms. The van der Waals surface area contributed by atoms with Gasteiger partial charge in [0.25, 0.3) is 0 Å². The molecule has 14 heavy (non-hydrogen) atoms. The Hall–Kier alpha value is -1.36. The quantitative estimate of drug-likeness (QED) is 0.745. The highest BCUT2D eigenvalue weighted by Crippen LogP contribution is 2.15. The van der Waals surface area contributed by atoms with Crippen LogP contribution in [0.3, 0.4) is 0 Å². The van der Waals surface area contributed by atoms with Crippen LogP contribution in [0.25, 0.3) is 0 Å². The first-order valence-corrected chi connectivity index (χ1v) is 5.45. The molecule has 0 N–H and O–H groups in total. The number of benzene rings is 1. The van der Waals surface area contributed by atoms with E-state index in [-0.39, 0.29) is 4.90 Å². The lowest BCUT2D eigenvalue weighted by atomic mass is 10.4. The smallest absolute Gasteiger partial charge is 0.418 e. The largest absolute Gasteiger partial charge is 0.437 e. The minimum atomic E-state index is -3.59. The van der Waals surface area contributed by atoms with Gasteiger partial charge in [0.05, 0.1) is 4.90 Å². The lowest BCUT2D eigenvalue weighted by molar-refractivity contribution is 0.257. The fraction of sp³-hybridized carbons (Fsp3) is 0.222. The Morgan fingerprint density at radius 3 is 2.36 bits per heavy atom. The maximum atomic E-state index is 11.6. The Morgan fingerprint density at radius 1 is 1.29 bits per heavy atom. The van der Waals surface area contributed by atoms with Crippen molar-refractivity contribution in [2.75, 3.05) is 0 Å². The predicted molar refractivity (Wildman–Crippen MR) is 49.9 cm³/mol. The molecule has 1 unspecified atom stereocenters. The van der Waals surface area contributed by atoms with Crippen LogP contribution in [0, 0.1) is 0 Å². The fourth-order valence-corrected chi connectivity index (χ4v) is 2.02. The zero-order valence-electron chi connectivity index (χ0n) is 7.51. The first-order chi connectivity index (χ1) is 6.59. The molecule has 0 aliphatic rings. The lowest BCUT2D eigenvalue weighted by Gasteiger charge is -2.09. The Kier molecular flexibility index (Phi) is 3.24. The molecule has 0 saturated heterocycles. The van der Waals surface area contributed by atoms with Crippen LogP contribution < -0.4 is 0 Å².